The van der Waals surface area contributed by atoms with E-state index in [0.717, 1.165) is 0 Å². The summed E-state index contributed by atoms with van der Waals surface area (Å²) in [6, 6.07) is 6.21. The predicted octanol–water partition coefficient (Wildman–Crippen LogP) is 2.92. The van der Waals surface area contributed by atoms with Crippen molar-refractivity contribution in [2.24, 2.45) is 0 Å². The molecule has 0 aliphatic carbocycles. The molecule has 5 nitrogen and oxygen atoms in total. The molecule has 7 heteroatoms. The Morgan fingerprint density at radius 3 is 2.81 bits per heavy atom. The van der Waals surface area contributed by atoms with Gasteiger partial charge in [-0.25, -0.2) is 4.39 Å². The molecule has 2 unspecified atom stereocenters. The van der Waals surface area contributed by atoms with E-state index >= 15 is 0 Å². The standard InChI is InChI=1S/C14H18FN3O2.ClH/c1-9(16-3)7-13-17-14(20-18-13)10(2)19-12-6-4-5-11(15)8-12;/h4-6,8-10,16H,7H2,1-3H3;1H. The minimum atomic E-state index is -0.428. The van der Waals surface area contributed by atoms with Crippen molar-refractivity contribution in [1.29, 1.82) is 0 Å². The maximum Gasteiger partial charge on any atom is 0.267 e. The number of nitrogens with one attached hydrogen (secondary N) is 1. The fourth-order valence-corrected chi connectivity index (χ4v) is 1.69. The second-order valence-electron chi connectivity index (χ2n) is 4.66. The average molecular weight is 316 g/mol. The SMILES string of the molecule is CNC(C)Cc1noc(C(C)Oc2cccc(F)c2)n1.Cl. The molecule has 2 atom stereocenters. The Morgan fingerprint density at radius 2 is 2.14 bits per heavy atom. The van der Waals surface area contributed by atoms with Crippen molar-refractivity contribution in [3.63, 3.8) is 0 Å². The van der Waals surface area contributed by atoms with E-state index in [1.165, 1.54) is 12.1 Å². The summed E-state index contributed by atoms with van der Waals surface area (Å²) in [6.45, 7) is 3.81. The number of halogens is 2. The Morgan fingerprint density at radius 1 is 1.38 bits per heavy atom. The van der Waals surface area contributed by atoms with Crippen LogP contribution in [0.4, 0.5) is 4.39 Å². The van der Waals surface area contributed by atoms with Gasteiger partial charge in [-0.15, -0.1) is 12.4 Å². The van der Waals surface area contributed by atoms with Gasteiger partial charge in [0.2, 0.25) is 0 Å². The first-order chi connectivity index (χ1) is 9.58. The molecule has 1 aromatic heterocycles. The average Bonchev–Trinajstić information content (AvgIpc) is 2.87. The molecule has 0 aliphatic heterocycles. The molecule has 0 spiro atoms. The lowest BCUT2D eigenvalue weighted by Crippen LogP contribution is -2.24. The number of benzene rings is 1. The van der Waals surface area contributed by atoms with E-state index in [4.69, 9.17) is 9.26 Å². The van der Waals surface area contributed by atoms with Crippen LogP contribution in [0.25, 0.3) is 0 Å². The van der Waals surface area contributed by atoms with Crippen LogP contribution in [0.5, 0.6) is 5.75 Å². The number of likely N-dealkylation sites (N-methyl/N-ethyl adjacent to an activating group) is 1. The van der Waals surface area contributed by atoms with Gasteiger partial charge in [0.15, 0.2) is 11.9 Å². The van der Waals surface area contributed by atoms with Crippen molar-refractivity contribution in [3.8, 4) is 5.75 Å². The van der Waals surface area contributed by atoms with Gasteiger partial charge in [0.1, 0.15) is 11.6 Å². The zero-order chi connectivity index (χ0) is 14.5. The lowest BCUT2D eigenvalue weighted by molar-refractivity contribution is 0.175. The molecule has 0 saturated heterocycles. The minimum Gasteiger partial charge on any atom is -0.481 e. The largest absolute Gasteiger partial charge is 0.481 e. The highest BCUT2D eigenvalue weighted by atomic mass is 35.5. The van der Waals surface area contributed by atoms with Crippen molar-refractivity contribution in [3.05, 3.63) is 41.8 Å². The maximum absolute atomic E-state index is 13.1. The highest BCUT2D eigenvalue weighted by Crippen LogP contribution is 2.21. The van der Waals surface area contributed by atoms with E-state index in [9.17, 15) is 4.39 Å². The van der Waals surface area contributed by atoms with Crippen molar-refractivity contribution >= 4 is 12.4 Å². The molecular weight excluding hydrogens is 297 g/mol. The summed E-state index contributed by atoms with van der Waals surface area (Å²) in [5.41, 5.74) is 0. The first-order valence-corrected chi connectivity index (χ1v) is 6.50. The normalized spacial score (nSPS) is 13.3. The predicted molar refractivity (Wildman–Crippen MR) is 79.2 cm³/mol. The molecule has 0 saturated carbocycles. The van der Waals surface area contributed by atoms with Gasteiger partial charge in [-0.05, 0) is 33.0 Å². The summed E-state index contributed by atoms with van der Waals surface area (Å²) < 4.78 is 23.8. The molecule has 0 amide bonds. The summed E-state index contributed by atoms with van der Waals surface area (Å²) in [4.78, 5) is 4.28. The third-order valence-electron chi connectivity index (χ3n) is 2.92. The van der Waals surface area contributed by atoms with Gasteiger partial charge in [0, 0.05) is 18.5 Å². The molecule has 1 aromatic carbocycles. The van der Waals surface area contributed by atoms with E-state index < -0.39 is 6.10 Å². The summed E-state index contributed by atoms with van der Waals surface area (Å²) >= 11 is 0. The molecular formula is C14H19ClFN3O2. The highest BCUT2D eigenvalue weighted by Gasteiger charge is 2.17. The van der Waals surface area contributed by atoms with Crippen LogP contribution in [-0.2, 0) is 6.42 Å². The first-order valence-electron chi connectivity index (χ1n) is 6.50. The van der Waals surface area contributed by atoms with Gasteiger partial charge in [0.25, 0.3) is 5.89 Å². The van der Waals surface area contributed by atoms with Crippen LogP contribution in [0.2, 0.25) is 0 Å². The van der Waals surface area contributed by atoms with E-state index in [-0.39, 0.29) is 24.3 Å². The van der Waals surface area contributed by atoms with Crippen LogP contribution >= 0.6 is 12.4 Å². The smallest absolute Gasteiger partial charge is 0.267 e. The molecule has 0 bridgehead atoms. The van der Waals surface area contributed by atoms with Crippen LogP contribution in [0.15, 0.2) is 28.8 Å². The quantitative estimate of drug-likeness (QED) is 0.888. The third kappa shape index (κ3) is 4.99. The fraction of sp³-hybridized carbons (Fsp3) is 0.429. The second-order valence-corrected chi connectivity index (χ2v) is 4.66. The van der Waals surface area contributed by atoms with E-state index in [2.05, 4.69) is 15.5 Å². The third-order valence-corrected chi connectivity index (χ3v) is 2.92. The van der Waals surface area contributed by atoms with Crippen LogP contribution < -0.4 is 10.1 Å². The Balaban J connectivity index is 0.00000220. The molecule has 0 radical (unpaired) electrons. The van der Waals surface area contributed by atoms with Crippen molar-refractivity contribution < 1.29 is 13.7 Å². The molecule has 2 aromatic rings. The van der Waals surface area contributed by atoms with E-state index in [1.54, 1.807) is 19.1 Å². The molecule has 0 fully saturated rings. The first kappa shape index (κ1) is 17.4. The maximum atomic E-state index is 13.1. The Bertz CT molecular complexity index is 565. The molecule has 1 N–H and O–H groups in total. The van der Waals surface area contributed by atoms with Crippen LogP contribution in [0.1, 0.15) is 31.7 Å². The monoisotopic (exact) mass is 315 g/mol. The number of rotatable bonds is 6. The molecule has 21 heavy (non-hydrogen) atoms. The van der Waals surface area contributed by atoms with E-state index in [0.29, 0.717) is 23.9 Å². The van der Waals surface area contributed by atoms with Gasteiger partial charge in [-0.2, -0.15) is 4.98 Å². The number of aromatic nitrogens is 2. The van der Waals surface area contributed by atoms with Gasteiger partial charge < -0.3 is 14.6 Å². The summed E-state index contributed by atoms with van der Waals surface area (Å²) in [6.07, 6.45) is 0.245. The number of ether oxygens (including phenoxy) is 1. The van der Waals surface area contributed by atoms with Gasteiger partial charge >= 0.3 is 0 Å². The van der Waals surface area contributed by atoms with E-state index in [1.807, 2.05) is 14.0 Å². The zero-order valence-electron chi connectivity index (χ0n) is 12.2. The number of hydrogen-bond donors (Lipinski definition) is 1. The highest BCUT2D eigenvalue weighted by molar-refractivity contribution is 5.85. The zero-order valence-corrected chi connectivity index (χ0v) is 13.0. The van der Waals surface area contributed by atoms with Gasteiger partial charge in [-0.3, -0.25) is 0 Å². The number of hydrogen-bond acceptors (Lipinski definition) is 5. The van der Waals surface area contributed by atoms with Crippen molar-refractivity contribution in [2.75, 3.05) is 7.05 Å². The van der Waals surface area contributed by atoms with Gasteiger partial charge in [0.05, 0.1) is 0 Å². The summed E-state index contributed by atoms with van der Waals surface area (Å²) in [7, 11) is 1.88. The molecule has 1 heterocycles. The Hall–Kier alpha value is -1.66. The Labute approximate surface area is 129 Å². The van der Waals surface area contributed by atoms with Crippen molar-refractivity contribution in [1.82, 2.24) is 15.5 Å². The lowest BCUT2D eigenvalue weighted by Gasteiger charge is -2.10. The lowest BCUT2D eigenvalue weighted by atomic mass is 10.2. The van der Waals surface area contributed by atoms with Crippen LogP contribution in [0.3, 0.4) is 0 Å². The molecule has 2 rings (SSSR count). The van der Waals surface area contributed by atoms with Crippen molar-refractivity contribution in [2.45, 2.75) is 32.4 Å². The minimum absolute atomic E-state index is 0. The van der Waals surface area contributed by atoms with Crippen LogP contribution in [0, 0.1) is 5.82 Å². The molecule has 116 valence electrons. The second kappa shape index (κ2) is 7.95. The summed E-state index contributed by atoms with van der Waals surface area (Å²) in [5, 5.41) is 7.01. The fourth-order valence-electron chi connectivity index (χ4n) is 1.69. The number of nitrogens with zero attached hydrogens (tertiary/aromatic N) is 2. The van der Waals surface area contributed by atoms with Gasteiger partial charge in [-0.1, -0.05) is 11.2 Å². The summed E-state index contributed by atoms with van der Waals surface area (Å²) in [5.74, 6) is 1.09. The topological polar surface area (TPSA) is 60.2 Å². The van der Waals surface area contributed by atoms with Crippen LogP contribution in [-0.4, -0.2) is 23.2 Å². The molecule has 0 aliphatic rings. The Kier molecular flexibility index (Phi) is 6.58.